The number of carbonyl (C=O) groups excluding carboxylic acids is 5. The molecule has 4 rings (SSSR count). The third kappa shape index (κ3) is 11.6. The van der Waals surface area contributed by atoms with Gasteiger partial charge in [-0.25, -0.2) is 0 Å². The highest BCUT2D eigenvalue weighted by Crippen LogP contribution is 2.40. The molecule has 7 N–H and O–H groups in total. The monoisotopic (exact) mass is 703 g/mol. The van der Waals surface area contributed by atoms with Gasteiger partial charge in [-0.05, 0) is 68.5 Å². The van der Waals surface area contributed by atoms with Crippen LogP contribution in [0.3, 0.4) is 0 Å². The summed E-state index contributed by atoms with van der Waals surface area (Å²) in [6.45, 7) is 8.55. The Bertz CT molecular complexity index is 1450. The number of hydrogen-bond donors (Lipinski definition) is 5. The molecule has 2 saturated heterocycles. The summed E-state index contributed by atoms with van der Waals surface area (Å²) in [6, 6.07) is 15.2. The predicted octanol–water partition coefficient (Wildman–Crippen LogP) is 1.90. The van der Waals surface area contributed by atoms with Gasteiger partial charge in [-0.15, -0.1) is 0 Å². The van der Waals surface area contributed by atoms with Crippen molar-refractivity contribution in [2.24, 2.45) is 22.8 Å². The van der Waals surface area contributed by atoms with E-state index < -0.39 is 41.9 Å². The van der Waals surface area contributed by atoms with Gasteiger partial charge >= 0.3 is 0 Å². The van der Waals surface area contributed by atoms with E-state index in [4.69, 9.17) is 11.5 Å². The second kappa shape index (κ2) is 18.8. The number of nitrogens with two attached hydrogens (primary N) is 2. The summed E-state index contributed by atoms with van der Waals surface area (Å²) in [7, 11) is 0. The molecule has 0 radical (unpaired) electrons. The second-order valence-electron chi connectivity index (χ2n) is 14.8. The van der Waals surface area contributed by atoms with Gasteiger partial charge in [0.25, 0.3) is 0 Å². The number of benzene rings is 2. The minimum Gasteiger partial charge on any atom is -0.343 e. The van der Waals surface area contributed by atoms with Crippen LogP contribution in [0.15, 0.2) is 60.7 Å². The number of hydrogen-bond acceptors (Lipinski definition) is 7. The first-order valence-electron chi connectivity index (χ1n) is 18.4. The van der Waals surface area contributed by atoms with Crippen LogP contribution in [0.5, 0.6) is 0 Å². The van der Waals surface area contributed by atoms with Crippen LogP contribution in [0.25, 0.3) is 0 Å². The zero-order chi connectivity index (χ0) is 37.0. The van der Waals surface area contributed by atoms with Crippen molar-refractivity contribution in [3.05, 3.63) is 71.8 Å². The van der Waals surface area contributed by atoms with Crippen LogP contribution < -0.4 is 27.4 Å². The molecular formula is C39H57N7O5. The van der Waals surface area contributed by atoms with Crippen molar-refractivity contribution in [3.63, 3.8) is 0 Å². The Morgan fingerprint density at radius 2 is 1.25 bits per heavy atom. The Kier molecular flexibility index (Phi) is 14.6. The maximum absolute atomic E-state index is 13.9. The van der Waals surface area contributed by atoms with E-state index in [1.165, 1.54) is 0 Å². The Balaban J connectivity index is 1.44. The van der Waals surface area contributed by atoms with Crippen LogP contribution in [0.2, 0.25) is 0 Å². The van der Waals surface area contributed by atoms with Crippen molar-refractivity contribution in [1.29, 1.82) is 0 Å². The van der Waals surface area contributed by atoms with Crippen molar-refractivity contribution < 1.29 is 24.0 Å². The number of carbonyl (C=O) groups is 5. The molecule has 12 heteroatoms. The zero-order valence-corrected chi connectivity index (χ0v) is 30.4. The molecule has 0 aliphatic carbocycles. The first-order chi connectivity index (χ1) is 24.4. The number of piperidine rings is 1. The lowest BCUT2D eigenvalue weighted by Gasteiger charge is -2.54. The predicted molar refractivity (Wildman–Crippen MR) is 197 cm³/mol. The van der Waals surface area contributed by atoms with Crippen molar-refractivity contribution >= 4 is 29.5 Å². The number of rotatable bonds is 17. The fourth-order valence-electron chi connectivity index (χ4n) is 7.05. The molecule has 0 aromatic heterocycles. The van der Waals surface area contributed by atoms with Gasteiger partial charge in [0, 0.05) is 44.9 Å². The van der Waals surface area contributed by atoms with Crippen LogP contribution in [-0.4, -0.2) is 96.2 Å². The van der Waals surface area contributed by atoms with Gasteiger partial charge in [0.15, 0.2) is 0 Å². The summed E-state index contributed by atoms with van der Waals surface area (Å²) < 4.78 is 0. The molecule has 2 aliphatic heterocycles. The third-order valence-corrected chi connectivity index (χ3v) is 10.1. The lowest BCUT2D eigenvalue weighted by atomic mass is 9.71. The van der Waals surface area contributed by atoms with Gasteiger partial charge in [-0.2, -0.15) is 0 Å². The van der Waals surface area contributed by atoms with Crippen molar-refractivity contribution in [3.8, 4) is 0 Å². The SMILES string of the molecule is CC(=O)N1CCC2(CC1)CN(C(=O)C(CCCCN)NC(=O)C(CC(C)C)NC(=O)C(Cc1ccccc1)NC(=O)C(N)Cc1ccccc1)C2. The zero-order valence-electron chi connectivity index (χ0n) is 30.4. The van der Waals surface area contributed by atoms with E-state index in [2.05, 4.69) is 16.0 Å². The quantitative estimate of drug-likeness (QED) is 0.156. The van der Waals surface area contributed by atoms with Crippen LogP contribution in [-0.2, 0) is 36.8 Å². The van der Waals surface area contributed by atoms with Gasteiger partial charge < -0.3 is 37.2 Å². The first kappa shape index (κ1) is 39.5. The molecule has 2 fully saturated rings. The molecule has 4 unspecified atom stereocenters. The fourth-order valence-corrected chi connectivity index (χ4v) is 7.05. The summed E-state index contributed by atoms with van der Waals surface area (Å²) in [5, 5.41) is 8.73. The van der Waals surface area contributed by atoms with Gasteiger partial charge in [-0.3, -0.25) is 24.0 Å². The van der Waals surface area contributed by atoms with Crippen LogP contribution in [0.4, 0.5) is 0 Å². The Labute approximate surface area is 302 Å². The van der Waals surface area contributed by atoms with Gasteiger partial charge in [-0.1, -0.05) is 74.5 Å². The molecule has 2 heterocycles. The topological polar surface area (TPSA) is 180 Å². The summed E-state index contributed by atoms with van der Waals surface area (Å²) in [5.41, 5.74) is 13.8. The summed E-state index contributed by atoms with van der Waals surface area (Å²) >= 11 is 0. The normalized spacial score (nSPS) is 17.5. The fraction of sp³-hybridized carbons (Fsp3) is 0.564. The van der Waals surface area contributed by atoms with Crippen LogP contribution in [0.1, 0.15) is 70.4 Å². The average Bonchev–Trinajstić information content (AvgIpc) is 3.09. The lowest BCUT2D eigenvalue weighted by molar-refractivity contribution is -0.153. The van der Waals surface area contributed by atoms with E-state index in [0.717, 1.165) is 24.0 Å². The average molecular weight is 704 g/mol. The van der Waals surface area contributed by atoms with Crippen LogP contribution >= 0.6 is 0 Å². The number of nitrogens with zero attached hydrogens (tertiary/aromatic N) is 2. The molecule has 1 spiro atoms. The standard InChI is InChI=1S/C39H57N7O5/c1-27(2)22-33(36(49)42-32(16-10-11-19-40)38(51)46-25-39(26-46)17-20-45(21-18-39)28(3)47)44-37(50)34(24-30-14-8-5-9-15-30)43-35(48)31(41)23-29-12-6-4-7-13-29/h4-9,12-15,27,31-34H,10-11,16-26,40-41H2,1-3H3,(H,42,49)(H,43,48)(H,44,50). The minimum absolute atomic E-state index is 0.00339. The van der Waals surface area contributed by atoms with Crippen molar-refractivity contribution in [2.75, 3.05) is 32.7 Å². The molecular weight excluding hydrogens is 646 g/mol. The molecule has 278 valence electrons. The highest BCUT2D eigenvalue weighted by Gasteiger charge is 2.48. The number of unbranched alkanes of at least 4 members (excludes halogenated alkanes) is 1. The summed E-state index contributed by atoms with van der Waals surface area (Å²) in [4.78, 5) is 70.4. The maximum Gasteiger partial charge on any atom is 0.245 e. The summed E-state index contributed by atoms with van der Waals surface area (Å²) in [5.74, 6) is -1.44. The molecule has 0 bridgehead atoms. The number of nitrogens with one attached hydrogen (secondary N) is 3. The first-order valence-corrected chi connectivity index (χ1v) is 18.4. The molecule has 2 aromatic carbocycles. The van der Waals surface area contributed by atoms with Crippen molar-refractivity contribution in [1.82, 2.24) is 25.8 Å². The molecule has 12 nitrogen and oxygen atoms in total. The molecule has 5 amide bonds. The molecule has 0 saturated carbocycles. The molecule has 2 aliphatic rings. The number of amides is 5. The highest BCUT2D eigenvalue weighted by molar-refractivity contribution is 5.95. The Morgan fingerprint density at radius 3 is 1.80 bits per heavy atom. The van der Waals surface area contributed by atoms with E-state index in [-0.39, 0.29) is 29.6 Å². The van der Waals surface area contributed by atoms with Gasteiger partial charge in [0.1, 0.15) is 18.1 Å². The number of likely N-dealkylation sites (tertiary alicyclic amines) is 2. The van der Waals surface area contributed by atoms with Crippen molar-refractivity contribution in [2.45, 2.75) is 96.3 Å². The van der Waals surface area contributed by atoms with E-state index in [1.54, 1.807) is 11.8 Å². The van der Waals surface area contributed by atoms with E-state index >= 15 is 0 Å². The second-order valence-corrected chi connectivity index (χ2v) is 14.8. The van der Waals surface area contributed by atoms with E-state index in [1.807, 2.05) is 79.4 Å². The Hall–Kier alpha value is -4.29. The largest absolute Gasteiger partial charge is 0.343 e. The molecule has 2 aromatic rings. The third-order valence-electron chi connectivity index (χ3n) is 10.1. The lowest BCUT2D eigenvalue weighted by Crippen LogP contribution is -2.65. The van der Waals surface area contributed by atoms with E-state index in [9.17, 15) is 24.0 Å². The minimum atomic E-state index is -0.988. The Morgan fingerprint density at radius 1 is 0.725 bits per heavy atom. The highest BCUT2D eigenvalue weighted by atomic mass is 16.2. The maximum atomic E-state index is 13.9. The molecule has 51 heavy (non-hydrogen) atoms. The van der Waals surface area contributed by atoms with Gasteiger partial charge in [0.2, 0.25) is 29.5 Å². The molecule has 4 atom stereocenters. The van der Waals surface area contributed by atoms with Crippen LogP contribution in [0, 0.1) is 11.3 Å². The van der Waals surface area contributed by atoms with E-state index in [0.29, 0.717) is 64.8 Å². The smallest absolute Gasteiger partial charge is 0.245 e. The summed E-state index contributed by atoms with van der Waals surface area (Å²) in [6.07, 6.45) is 4.34. The van der Waals surface area contributed by atoms with Gasteiger partial charge in [0.05, 0.1) is 6.04 Å².